The second-order valence-corrected chi connectivity index (χ2v) is 3.13. The number of carbonyl (C=O) groups is 3. The minimum Gasteiger partial charge on any atom is -0.468 e. The van der Waals surface area contributed by atoms with E-state index in [0.717, 1.165) is 21.3 Å². The molecule has 0 aliphatic carbocycles. The monoisotopic (exact) mass is 232 g/mol. The summed E-state index contributed by atoms with van der Waals surface area (Å²) in [5.41, 5.74) is -2.01. The molecule has 0 saturated carbocycles. The molecule has 0 fully saturated rings. The molecule has 0 rings (SSSR count). The lowest BCUT2D eigenvalue weighted by atomic mass is 9.83. The van der Waals surface area contributed by atoms with E-state index >= 15 is 0 Å². The van der Waals surface area contributed by atoms with Gasteiger partial charge in [0.15, 0.2) is 0 Å². The van der Waals surface area contributed by atoms with Gasteiger partial charge in [0, 0.05) is 0 Å². The van der Waals surface area contributed by atoms with E-state index in [-0.39, 0.29) is 6.42 Å². The molecule has 16 heavy (non-hydrogen) atoms. The summed E-state index contributed by atoms with van der Waals surface area (Å²) in [7, 11) is 3.29. The molecule has 6 heteroatoms. The first kappa shape index (κ1) is 14.4. The third-order valence-electron chi connectivity index (χ3n) is 2.23. The highest BCUT2D eigenvalue weighted by Crippen LogP contribution is 2.29. The maximum Gasteiger partial charge on any atom is 0.334 e. The fourth-order valence-electron chi connectivity index (χ4n) is 1.45. The summed E-state index contributed by atoms with van der Waals surface area (Å²) in [6.07, 6.45) is 0.415. The van der Waals surface area contributed by atoms with Gasteiger partial charge in [-0.05, 0) is 6.42 Å². The highest BCUT2D eigenvalue weighted by atomic mass is 16.6. The van der Waals surface area contributed by atoms with Crippen molar-refractivity contribution in [3.8, 4) is 0 Å². The molecule has 0 aromatic rings. The molecule has 0 spiro atoms. The molecule has 0 unspecified atom stereocenters. The summed E-state index contributed by atoms with van der Waals surface area (Å²) in [6, 6.07) is 0. The molecule has 0 aromatic carbocycles. The van der Waals surface area contributed by atoms with Gasteiger partial charge in [-0.2, -0.15) is 0 Å². The Labute approximate surface area is 93.8 Å². The number of esters is 3. The third kappa shape index (κ3) is 2.32. The van der Waals surface area contributed by atoms with Gasteiger partial charge in [0.25, 0.3) is 5.41 Å². The van der Waals surface area contributed by atoms with E-state index in [0.29, 0.717) is 6.42 Å². The zero-order valence-electron chi connectivity index (χ0n) is 9.86. The summed E-state index contributed by atoms with van der Waals surface area (Å²) in [4.78, 5) is 34.8. The molecule has 92 valence electrons. The fraction of sp³-hybridized carbons (Fsp3) is 0.700. The molecule has 0 aliphatic heterocycles. The quantitative estimate of drug-likeness (QED) is 0.385. The second-order valence-electron chi connectivity index (χ2n) is 3.13. The number of rotatable bonds is 5. The van der Waals surface area contributed by atoms with Crippen molar-refractivity contribution in [1.82, 2.24) is 0 Å². The molecule has 0 N–H and O–H groups in total. The Morgan fingerprint density at radius 2 is 1.19 bits per heavy atom. The van der Waals surface area contributed by atoms with Crippen molar-refractivity contribution in [2.75, 3.05) is 21.3 Å². The SMILES string of the molecule is CCCC(C(=O)OC)(C(=O)OC)C(=O)OC. The molecule has 0 heterocycles. The summed E-state index contributed by atoms with van der Waals surface area (Å²) < 4.78 is 13.4. The molecule has 0 aliphatic rings. The average Bonchev–Trinajstić information content (AvgIpc) is 2.32. The zero-order chi connectivity index (χ0) is 12.8. The van der Waals surface area contributed by atoms with Crippen LogP contribution in [0.3, 0.4) is 0 Å². The van der Waals surface area contributed by atoms with E-state index < -0.39 is 23.3 Å². The molecule has 0 atom stereocenters. The molecule has 6 nitrogen and oxygen atoms in total. The molecule has 0 aromatic heterocycles. The van der Waals surface area contributed by atoms with Gasteiger partial charge in [-0.3, -0.25) is 14.4 Å². The highest BCUT2D eigenvalue weighted by molar-refractivity contribution is 6.17. The Morgan fingerprint density at radius 3 is 1.38 bits per heavy atom. The van der Waals surface area contributed by atoms with Gasteiger partial charge in [0.05, 0.1) is 21.3 Å². The van der Waals surface area contributed by atoms with Gasteiger partial charge in [-0.1, -0.05) is 13.3 Å². The van der Waals surface area contributed by atoms with E-state index in [4.69, 9.17) is 0 Å². The smallest absolute Gasteiger partial charge is 0.334 e. The number of ether oxygens (including phenoxy) is 3. The molecule has 0 bridgehead atoms. The van der Waals surface area contributed by atoms with Crippen molar-refractivity contribution in [1.29, 1.82) is 0 Å². The first-order chi connectivity index (χ1) is 7.50. The van der Waals surface area contributed by atoms with Crippen LogP contribution in [0.25, 0.3) is 0 Å². The van der Waals surface area contributed by atoms with E-state index in [2.05, 4.69) is 14.2 Å². The van der Waals surface area contributed by atoms with Gasteiger partial charge >= 0.3 is 17.9 Å². The molecule has 0 saturated heterocycles. The summed E-state index contributed by atoms with van der Waals surface area (Å²) >= 11 is 0. The van der Waals surface area contributed by atoms with Crippen LogP contribution in [0, 0.1) is 5.41 Å². The third-order valence-corrected chi connectivity index (χ3v) is 2.23. The topological polar surface area (TPSA) is 78.9 Å². The van der Waals surface area contributed by atoms with E-state index in [1.165, 1.54) is 0 Å². The normalized spacial score (nSPS) is 10.5. The highest BCUT2D eigenvalue weighted by Gasteiger charge is 2.55. The van der Waals surface area contributed by atoms with Crippen LogP contribution in [-0.2, 0) is 28.6 Å². The maximum absolute atomic E-state index is 11.6. The summed E-state index contributed by atoms with van der Waals surface area (Å²) in [6.45, 7) is 1.73. The van der Waals surface area contributed by atoms with Crippen molar-refractivity contribution in [3.05, 3.63) is 0 Å². The lowest BCUT2D eigenvalue weighted by Gasteiger charge is -2.24. The Kier molecular flexibility index (Phi) is 5.49. The number of hydrogen-bond donors (Lipinski definition) is 0. The van der Waals surface area contributed by atoms with Gasteiger partial charge in [0.1, 0.15) is 0 Å². The minimum absolute atomic E-state index is 0.0149. The average molecular weight is 232 g/mol. The second kappa shape index (κ2) is 6.09. The van der Waals surface area contributed by atoms with Crippen LogP contribution in [0.2, 0.25) is 0 Å². The van der Waals surface area contributed by atoms with Crippen LogP contribution in [0.4, 0.5) is 0 Å². The Bertz CT molecular complexity index is 242. The lowest BCUT2D eigenvalue weighted by Crippen LogP contribution is -2.48. The number of hydrogen-bond acceptors (Lipinski definition) is 6. The fourth-order valence-corrected chi connectivity index (χ4v) is 1.45. The standard InChI is InChI=1S/C10H16O6/c1-5-6-10(7(11)14-2,8(12)15-3)9(13)16-4/h5-6H2,1-4H3. The maximum atomic E-state index is 11.6. The van der Waals surface area contributed by atoms with Gasteiger partial charge in [-0.25, -0.2) is 0 Å². The molecular weight excluding hydrogens is 216 g/mol. The van der Waals surface area contributed by atoms with Crippen molar-refractivity contribution in [2.24, 2.45) is 5.41 Å². The van der Waals surface area contributed by atoms with Crippen LogP contribution in [0.15, 0.2) is 0 Å². The summed E-state index contributed by atoms with van der Waals surface area (Å²) in [5.74, 6) is -2.89. The zero-order valence-corrected chi connectivity index (χ0v) is 9.86. The predicted octanol–water partition coefficient (Wildman–Crippen LogP) is 0.292. The van der Waals surface area contributed by atoms with Crippen molar-refractivity contribution < 1.29 is 28.6 Å². The van der Waals surface area contributed by atoms with E-state index in [1.807, 2.05) is 0 Å². The molecule has 0 amide bonds. The van der Waals surface area contributed by atoms with Gasteiger partial charge in [-0.15, -0.1) is 0 Å². The first-order valence-corrected chi connectivity index (χ1v) is 4.76. The van der Waals surface area contributed by atoms with Crippen LogP contribution in [0.5, 0.6) is 0 Å². The molecular formula is C10H16O6. The summed E-state index contributed by atoms with van der Waals surface area (Å²) in [5, 5.41) is 0. The van der Waals surface area contributed by atoms with Crippen LogP contribution < -0.4 is 0 Å². The van der Waals surface area contributed by atoms with E-state index in [9.17, 15) is 14.4 Å². The van der Waals surface area contributed by atoms with Crippen LogP contribution >= 0.6 is 0 Å². The van der Waals surface area contributed by atoms with Crippen molar-refractivity contribution in [2.45, 2.75) is 19.8 Å². The van der Waals surface area contributed by atoms with E-state index in [1.54, 1.807) is 6.92 Å². The number of methoxy groups -OCH3 is 3. The Morgan fingerprint density at radius 1 is 0.875 bits per heavy atom. The minimum atomic E-state index is -2.01. The van der Waals surface area contributed by atoms with Crippen molar-refractivity contribution in [3.63, 3.8) is 0 Å². The van der Waals surface area contributed by atoms with Crippen molar-refractivity contribution >= 4 is 17.9 Å². The first-order valence-electron chi connectivity index (χ1n) is 4.76. The Hall–Kier alpha value is -1.59. The lowest BCUT2D eigenvalue weighted by molar-refractivity contribution is -0.181. The van der Waals surface area contributed by atoms with Gasteiger partial charge in [0.2, 0.25) is 0 Å². The Balaban J connectivity index is 5.47. The van der Waals surface area contributed by atoms with Gasteiger partial charge < -0.3 is 14.2 Å². The van der Waals surface area contributed by atoms with Crippen LogP contribution in [0.1, 0.15) is 19.8 Å². The predicted molar refractivity (Wildman–Crippen MR) is 53.4 cm³/mol. The van der Waals surface area contributed by atoms with Crippen LogP contribution in [-0.4, -0.2) is 39.2 Å². The molecule has 0 radical (unpaired) electrons. The number of carbonyl (C=O) groups excluding carboxylic acids is 3. The largest absolute Gasteiger partial charge is 0.468 e.